The zero-order chi connectivity index (χ0) is 13.7. The molecule has 2 rings (SSSR count). The molecule has 1 aromatic carbocycles. The Balaban J connectivity index is 1.75. The van der Waals surface area contributed by atoms with Crippen LogP contribution in [0.4, 0.5) is 0 Å². The highest BCUT2D eigenvalue weighted by Crippen LogP contribution is 2.22. The minimum absolute atomic E-state index is 0.000956. The fourth-order valence-corrected chi connectivity index (χ4v) is 2.72. The largest absolute Gasteiger partial charge is 0.355 e. The van der Waals surface area contributed by atoms with Gasteiger partial charge in [0.2, 0.25) is 5.91 Å². The molecule has 19 heavy (non-hydrogen) atoms. The first kappa shape index (κ1) is 14.4. The fourth-order valence-electron chi connectivity index (χ4n) is 2.60. The first-order valence-corrected chi connectivity index (χ1v) is 7.32. The van der Waals surface area contributed by atoms with Crippen LogP contribution in [-0.4, -0.2) is 18.5 Å². The molecule has 3 N–H and O–H groups in total. The predicted octanol–water partition coefficient (Wildman–Crippen LogP) is 2.52. The van der Waals surface area contributed by atoms with Crippen LogP contribution in [0.3, 0.4) is 0 Å². The van der Waals surface area contributed by atoms with E-state index in [1.807, 2.05) is 24.3 Å². The van der Waals surface area contributed by atoms with Gasteiger partial charge in [-0.1, -0.05) is 36.6 Å². The van der Waals surface area contributed by atoms with Crippen LogP contribution in [0, 0.1) is 5.92 Å². The predicted molar refractivity (Wildman–Crippen MR) is 78.1 cm³/mol. The molecule has 1 fully saturated rings. The van der Waals surface area contributed by atoms with E-state index >= 15 is 0 Å². The molecule has 3 nitrogen and oxygen atoms in total. The van der Waals surface area contributed by atoms with Crippen LogP contribution < -0.4 is 11.1 Å². The Bertz CT molecular complexity index is 419. The molecule has 4 heteroatoms. The lowest BCUT2D eigenvalue weighted by Crippen LogP contribution is -2.44. The van der Waals surface area contributed by atoms with Crippen LogP contribution in [0.15, 0.2) is 24.3 Å². The normalized spacial score (nSPS) is 23.1. The molecule has 0 spiro atoms. The molecule has 0 bridgehead atoms. The van der Waals surface area contributed by atoms with Gasteiger partial charge in [-0.25, -0.2) is 0 Å². The molecule has 1 aromatic rings. The van der Waals surface area contributed by atoms with Gasteiger partial charge in [0.25, 0.3) is 0 Å². The van der Waals surface area contributed by atoms with Gasteiger partial charge in [0, 0.05) is 17.6 Å². The van der Waals surface area contributed by atoms with E-state index in [1.54, 1.807) is 0 Å². The topological polar surface area (TPSA) is 55.1 Å². The monoisotopic (exact) mass is 280 g/mol. The maximum absolute atomic E-state index is 12.0. The second kappa shape index (κ2) is 6.92. The summed E-state index contributed by atoms with van der Waals surface area (Å²) in [6.45, 7) is 0.656. The highest BCUT2D eigenvalue weighted by atomic mass is 35.5. The van der Waals surface area contributed by atoms with Crippen LogP contribution in [-0.2, 0) is 11.2 Å². The van der Waals surface area contributed by atoms with Gasteiger partial charge in [-0.2, -0.15) is 0 Å². The number of halogens is 1. The van der Waals surface area contributed by atoms with E-state index in [0.29, 0.717) is 6.54 Å². The van der Waals surface area contributed by atoms with E-state index in [-0.39, 0.29) is 17.9 Å². The minimum atomic E-state index is -0.000956. The third-order valence-corrected chi connectivity index (χ3v) is 4.03. The van der Waals surface area contributed by atoms with Crippen LogP contribution >= 0.6 is 11.6 Å². The summed E-state index contributed by atoms with van der Waals surface area (Å²) in [5, 5.41) is 3.73. The Morgan fingerprint density at radius 3 is 2.63 bits per heavy atom. The number of benzene rings is 1. The molecule has 1 saturated carbocycles. The van der Waals surface area contributed by atoms with Crippen molar-refractivity contribution in [2.24, 2.45) is 11.7 Å². The van der Waals surface area contributed by atoms with Crippen LogP contribution in [0.5, 0.6) is 0 Å². The van der Waals surface area contributed by atoms with Crippen molar-refractivity contribution in [3.63, 3.8) is 0 Å². The van der Waals surface area contributed by atoms with E-state index in [0.717, 1.165) is 37.1 Å². The lowest BCUT2D eigenvalue weighted by Gasteiger charge is -2.27. The second-order valence-corrected chi connectivity index (χ2v) is 5.66. The Morgan fingerprint density at radius 2 is 1.95 bits per heavy atom. The second-order valence-electron chi connectivity index (χ2n) is 5.22. The molecule has 0 radical (unpaired) electrons. The summed E-state index contributed by atoms with van der Waals surface area (Å²) >= 11 is 5.83. The number of hydrogen-bond acceptors (Lipinski definition) is 2. The van der Waals surface area contributed by atoms with Crippen LogP contribution in [0.1, 0.15) is 31.2 Å². The summed E-state index contributed by atoms with van der Waals surface area (Å²) in [6.07, 6.45) is 4.98. The van der Waals surface area contributed by atoms with Crippen molar-refractivity contribution in [3.05, 3.63) is 34.9 Å². The summed E-state index contributed by atoms with van der Waals surface area (Å²) in [6, 6.07) is 7.75. The first-order chi connectivity index (χ1) is 9.16. The maximum Gasteiger partial charge on any atom is 0.224 e. The van der Waals surface area contributed by atoms with Gasteiger partial charge in [-0.3, -0.25) is 4.79 Å². The highest BCUT2D eigenvalue weighted by molar-refractivity contribution is 6.30. The molecule has 0 saturated heterocycles. The molecule has 1 aliphatic carbocycles. The molecule has 1 aliphatic rings. The Hall–Kier alpha value is -1.06. The van der Waals surface area contributed by atoms with E-state index < -0.39 is 0 Å². The Morgan fingerprint density at radius 1 is 1.26 bits per heavy atom. The zero-order valence-electron chi connectivity index (χ0n) is 11.1. The Kier molecular flexibility index (Phi) is 5.23. The number of nitrogens with one attached hydrogen (secondary N) is 1. The van der Waals surface area contributed by atoms with E-state index in [4.69, 9.17) is 17.3 Å². The van der Waals surface area contributed by atoms with Crippen molar-refractivity contribution < 1.29 is 4.79 Å². The lowest BCUT2D eigenvalue weighted by atomic mass is 9.84. The third-order valence-electron chi connectivity index (χ3n) is 3.78. The van der Waals surface area contributed by atoms with Crippen molar-refractivity contribution in [1.29, 1.82) is 0 Å². The minimum Gasteiger partial charge on any atom is -0.355 e. The molecular formula is C15H21ClN2O. The van der Waals surface area contributed by atoms with Crippen molar-refractivity contribution >= 4 is 17.5 Å². The molecular weight excluding hydrogens is 260 g/mol. The molecule has 1 amide bonds. The zero-order valence-corrected chi connectivity index (χ0v) is 11.8. The molecule has 0 heterocycles. The number of carbonyl (C=O) groups excluding carboxylic acids is 1. The number of carbonyl (C=O) groups is 1. The quantitative estimate of drug-likeness (QED) is 0.890. The van der Waals surface area contributed by atoms with Crippen molar-refractivity contribution in [3.8, 4) is 0 Å². The van der Waals surface area contributed by atoms with Gasteiger partial charge >= 0.3 is 0 Å². The van der Waals surface area contributed by atoms with Crippen LogP contribution in [0.2, 0.25) is 5.02 Å². The average Bonchev–Trinajstić information content (AvgIpc) is 2.41. The number of amides is 1. The van der Waals surface area contributed by atoms with E-state index in [1.165, 1.54) is 5.56 Å². The smallest absolute Gasteiger partial charge is 0.224 e. The van der Waals surface area contributed by atoms with Gasteiger partial charge < -0.3 is 11.1 Å². The average molecular weight is 281 g/mol. The maximum atomic E-state index is 12.0. The third kappa shape index (κ3) is 4.22. The van der Waals surface area contributed by atoms with Crippen molar-refractivity contribution in [1.82, 2.24) is 5.32 Å². The summed E-state index contributed by atoms with van der Waals surface area (Å²) in [4.78, 5) is 12.0. The van der Waals surface area contributed by atoms with Gasteiger partial charge in [0.1, 0.15) is 0 Å². The molecule has 0 aliphatic heterocycles. The standard InChI is InChI=1S/C15H21ClN2O/c16-12-7-5-11(6-8-12)9-10-18-15(19)13-3-1-2-4-14(13)17/h5-8,13-14H,1-4,9-10,17H2,(H,18,19). The fraction of sp³-hybridized carbons (Fsp3) is 0.533. The number of rotatable bonds is 4. The van der Waals surface area contributed by atoms with Crippen molar-refractivity contribution in [2.45, 2.75) is 38.1 Å². The summed E-state index contributed by atoms with van der Waals surface area (Å²) in [5.41, 5.74) is 7.18. The first-order valence-electron chi connectivity index (χ1n) is 6.94. The van der Waals surface area contributed by atoms with Gasteiger partial charge in [0.15, 0.2) is 0 Å². The summed E-state index contributed by atoms with van der Waals surface area (Å²) in [5.74, 6) is 0.111. The van der Waals surface area contributed by atoms with Gasteiger partial charge in [-0.15, -0.1) is 0 Å². The highest BCUT2D eigenvalue weighted by Gasteiger charge is 2.27. The van der Waals surface area contributed by atoms with E-state index in [9.17, 15) is 4.79 Å². The van der Waals surface area contributed by atoms with E-state index in [2.05, 4.69) is 5.32 Å². The van der Waals surface area contributed by atoms with Gasteiger partial charge in [0.05, 0.1) is 5.92 Å². The molecule has 0 aromatic heterocycles. The number of hydrogen-bond donors (Lipinski definition) is 2. The lowest BCUT2D eigenvalue weighted by molar-refractivity contribution is -0.126. The SMILES string of the molecule is NC1CCCCC1C(=O)NCCc1ccc(Cl)cc1. The van der Waals surface area contributed by atoms with Crippen LogP contribution in [0.25, 0.3) is 0 Å². The number of nitrogens with two attached hydrogens (primary N) is 1. The molecule has 104 valence electrons. The Labute approximate surface area is 119 Å². The summed E-state index contributed by atoms with van der Waals surface area (Å²) < 4.78 is 0. The molecule has 2 atom stereocenters. The summed E-state index contributed by atoms with van der Waals surface area (Å²) in [7, 11) is 0. The van der Waals surface area contributed by atoms with Gasteiger partial charge in [-0.05, 0) is 37.0 Å². The van der Waals surface area contributed by atoms with Crippen molar-refractivity contribution in [2.75, 3.05) is 6.54 Å². The molecule has 2 unspecified atom stereocenters.